The lowest BCUT2D eigenvalue weighted by molar-refractivity contribution is 1.12. The van der Waals surface area contributed by atoms with Gasteiger partial charge in [-0.1, -0.05) is 0 Å². The maximum absolute atomic E-state index is 11.9. The first-order chi connectivity index (χ1) is 7.59. The van der Waals surface area contributed by atoms with Gasteiger partial charge in [0.15, 0.2) is 4.96 Å². The maximum atomic E-state index is 11.9. The Bertz CT molecular complexity index is 764. The number of aryl methyl sites for hydroxylation is 3. The van der Waals surface area contributed by atoms with Crippen molar-refractivity contribution in [3.05, 3.63) is 31.9 Å². The van der Waals surface area contributed by atoms with E-state index >= 15 is 0 Å². The summed E-state index contributed by atoms with van der Waals surface area (Å²) in [6, 6.07) is 0. The van der Waals surface area contributed by atoms with Crippen molar-refractivity contribution in [2.24, 2.45) is 0 Å². The van der Waals surface area contributed by atoms with Gasteiger partial charge in [0.05, 0.1) is 5.39 Å². The number of aromatic nitrogens is 2. The van der Waals surface area contributed by atoms with Gasteiger partial charge in [-0.25, -0.2) is 0 Å². The number of thiazole rings is 1. The van der Waals surface area contributed by atoms with E-state index in [4.69, 9.17) is 0 Å². The molecule has 3 aromatic heterocycles. The van der Waals surface area contributed by atoms with Crippen LogP contribution in [0.5, 0.6) is 0 Å². The minimum atomic E-state index is -0.0984. The number of thiophene rings is 1. The van der Waals surface area contributed by atoms with Crippen molar-refractivity contribution in [2.45, 2.75) is 20.8 Å². The van der Waals surface area contributed by atoms with E-state index in [1.807, 2.05) is 26.2 Å². The number of rotatable bonds is 0. The molecule has 0 aliphatic rings. The number of hydrogen-bond donors (Lipinski definition) is 0. The summed E-state index contributed by atoms with van der Waals surface area (Å²) in [5.74, 6) is 0. The van der Waals surface area contributed by atoms with Gasteiger partial charge in [-0.15, -0.1) is 22.7 Å². The highest BCUT2D eigenvalue weighted by molar-refractivity contribution is 7.19. The molecule has 3 rings (SSSR count). The molecule has 0 saturated heterocycles. The van der Waals surface area contributed by atoms with E-state index in [9.17, 15) is 4.79 Å². The molecule has 5 heteroatoms. The van der Waals surface area contributed by atoms with Crippen molar-refractivity contribution in [3.63, 3.8) is 0 Å². The first kappa shape index (κ1) is 9.99. The maximum Gasteiger partial charge on any atom is 0.282 e. The summed E-state index contributed by atoms with van der Waals surface area (Å²) in [6.07, 6.45) is 0. The fourth-order valence-corrected chi connectivity index (χ4v) is 4.00. The summed E-state index contributed by atoms with van der Waals surface area (Å²) in [4.78, 5) is 19.1. The van der Waals surface area contributed by atoms with Crippen LogP contribution in [0.15, 0.2) is 10.2 Å². The van der Waals surface area contributed by atoms with Gasteiger partial charge in [0.1, 0.15) is 4.83 Å². The van der Waals surface area contributed by atoms with Crippen molar-refractivity contribution in [3.8, 4) is 0 Å². The molecule has 0 radical (unpaired) electrons. The van der Waals surface area contributed by atoms with E-state index < -0.39 is 0 Å². The van der Waals surface area contributed by atoms with Gasteiger partial charge >= 0.3 is 0 Å². The standard InChI is InChI=1S/C11H10N2OS2/c1-5-4-15-11-12-9(14)8-6(2)7(3)16-10(8)13(5)11/h4H,1-3H3. The molecule has 0 spiro atoms. The van der Waals surface area contributed by atoms with Gasteiger partial charge in [-0.2, -0.15) is 4.98 Å². The van der Waals surface area contributed by atoms with Crippen molar-refractivity contribution in [1.82, 2.24) is 9.38 Å². The van der Waals surface area contributed by atoms with E-state index in [-0.39, 0.29) is 5.56 Å². The van der Waals surface area contributed by atoms with Crippen molar-refractivity contribution < 1.29 is 0 Å². The van der Waals surface area contributed by atoms with E-state index in [2.05, 4.69) is 9.38 Å². The van der Waals surface area contributed by atoms with Crippen molar-refractivity contribution in [1.29, 1.82) is 0 Å². The smallest absolute Gasteiger partial charge is 0.280 e. The summed E-state index contributed by atoms with van der Waals surface area (Å²) in [7, 11) is 0. The normalized spacial score (nSPS) is 11.7. The lowest BCUT2D eigenvalue weighted by Crippen LogP contribution is -2.08. The third kappa shape index (κ3) is 1.13. The van der Waals surface area contributed by atoms with Gasteiger partial charge in [-0.3, -0.25) is 9.20 Å². The van der Waals surface area contributed by atoms with E-state index in [0.717, 1.165) is 26.4 Å². The Balaban J connectivity index is 2.74. The summed E-state index contributed by atoms with van der Waals surface area (Å²) in [6.45, 7) is 6.08. The quantitative estimate of drug-likeness (QED) is 0.615. The molecule has 0 aromatic carbocycles. The average Bonchev–Trinajstić information content (AvgIpc) is 2.71. The molecule has 0 bridgehead atoms. The van der Waals surface area contributed by atoms with Gasteiger partial charge in [0, 0.05) is 16.0 Å². The Labute approximate surface area is 100.0 Å². The monoisotopic (exact) mass is 250 g/mol. The second-order valence-corrected chi connectivity index (χ2v) is 5.92. The predicted molar refractivity (Wildman–Crippen MR) is 68.9 cm³/mol. The fourth-order valence-electron chi connectivity index (χ4n) is 1.88. The number of hydrogen-bond acceptors (Lipinski definition) is 4. The summed E-state index contributed by atoms with van der Waals surface area (Å²) >= 11 is 3.19. The van der Waals surface area contributed by atoms with Crippen LogP contribution in [0.25, 0.3) is 15.2 Å². The molecule has 0 saturated carbocycles. The minimum Gasteiger partial charge on any atom is -0.280 e. The van der Waals surface area contributed by atoms with Crippen molar-refractivity contribution in [2.75, 3.05) is 0 Å². The van der Waals surface area contributed by atoms with Gasteiger partial charge in [0.25, 0.3) is 5.56 Å². The van der Waals surface area contributed by atoms with Crippen LogP contribution < -0.4 is 5.56 Å². The molecule has 16 heavy (non-hydrogen) atoms. The Morgan fingerprint density at radius 3 is 2.81 bits per heavy atom. The number of fused-ring (bicyclic) bond motifs is 3. The lowest BCUT2D eigenvalue weighted by atomic mass is 10.2. The SMILES string of the molecule is Cc1sc2c(c1C)c(=O)nc1scc(C)n12. The van der Waals surface area contributed by atoms with E-state index in [1.165, 1.54) is 16.2 Å². The van der Waals surface area contributed by atoms with Crippen LogP contribution in [0.3, 0.4) is 0 Å². The van der Waals surface area contributed by atoms with Crippen LogP contribution in [0.1, 0.15) is 16.1 Å². The molecule has 0 aliphatic carbocycles. The Hall–Kier alpha value is -1.20. The highest BCUT2D eigenvalue weighted by atomic mass is 32.1. The largest absolute Gasteiger partial charge is 0.282 e. The second-order valence-electron chi connectivity index (χ2n) is 3.88. The van der Waals surface area contributed by atoms with Crippen LogP contribution in [0.4, 0.5) is 0 Å². The summed E-state index contributed by atoms with van der Waals surface area (Å²) in [5.41, 5.74) is 2.11. The molecule has 3 nitrogen and oxygen atoms in total. The summed E-state index contributed by atoms with van der Waals surface area (Å²) < 4.78 is 2.08. The molecule has 0 N–H and O–H groups in total. The molecule has 3 aromatic rings. The van der Waals surface area contributed by atoms with E-state index in [0.29, 0.717) is 0 Å². The zero-order valence-corrected chi connectivity index (χ0v) is 10.8. The Morgan fingerprint density at radius 2 is 2.06 bits per heavy atom. The molecule has 0 unspecified atom stereocenters. The third-order valence-corrected chi connectivity index (χ3v) is 5.00. The molecule has 0 aliphatic heterocycles. The van der Waals surface area contributed by atoms with Gasteiger partial charge < -0.3 is 0 Å². The van der Waals surface area contributed by atoms with Crippen molar-refractivity contribution >= 4 is 37.9 Å². The molecule has 0 atom stereocenters. The lowest BCUT2D eigenvalue weighted by Gasteiger charge is -1.97. The highest BCUT2D eigenvalue weighted by Crippen LogP contribution is 2.29. The van der Waals surface area contributed by atoms with Crippen LogP contribution >= 0.6 is 22.7 Å². The topological polar surface area (TPSA) is 34.4 Å². The van der Waals surface area contributed by atoms with Crippen LogP contribution in [-0.4, -0.2) is 9.38 Å². The van der Waals surface area contributed by atoms with Gasteiger partial charge in [0.2, 0.25) is 0 Å². The average molecular weight is 250 g/mol. The first-order valence-electron chi connectivity index (χ1n) is 4.96. The van der Waals surface area contributed by atoms with Gasteiger partial charge in [-0.05, 0) is 26.3 Å². The first-order valence-corrected chi connectivity index (χ1v) is 6.66. The molecular weight excluding hydrogens is 240 g/mol. The zero-order chi connectivity index (χ0) is 11.4. The number of nitrogens with zero attached hydrogens (tertiary/aromatic N) is 2. The Kier molecular flexibility index (Phi) is 1.96. The van der Waals surface area contributed by atoms with Crippen LogP contribution in [0, 0.1) is 20.8 Å². The van der Waals surface area contributed by atoms with Crippen LogP contribution in [-0.2, 0) is 0 Å². The third-order valence-electron chi connectivity index (χ3n) is 2.86. The van der Waals surface area contributed by atoms with E-state index in [1.54, 1.807) is 11.3 Å². The highest BCUT2D eigenvalue weighted by Gasteiger charge is 2.14. The predicted octanol–water partition coefficient (Wildman–Crippen LogP) is 2.90. The molecule has 0 fully saturated rings. The fraction of sp³-hybridized carbons (Fsp3) is 0.273. The molecule has 0 amide bonds. The molecule has 82 valence electrons. The molecular formula is C11H10N2OS2. The zero-order valence-electron chi connectivity index (χ0n) is 9.20. The Morgan fingerprint density at radius 1 is 1.31 bits per heavy atom. The van der Waals surface area contributed by atoms with Crippen LogP contribution in [0.2, 0.25) is 0 Å². The summed E-state index contributed by atoms with van der Waals surface area (Å²) in [5, 5.41) is 2.81. The second kappa shape index (κ2) is 3.15. The molecule has 3 heterocycles. The minimum absolute atomic E-state index is 0.0984.